The molecular formula is C23H27F2NO3. The van der Waals surface area contributed by atoms with Crippen LogP contribution in [0.1, 0.15) is 38.8 Å². The first-order valence-corrected chi connectivity index (χ1v) is 9.71. The fourth-order valence-corrected chi connectivity index (χ4v) is 2.64. The standard InChI is InChI=1S/C19H15F2NO3.2C2H6/c20-15-8-6-14(17(21)11-15)7-9-18(23)22-16(12-25-19(22)24)10-13-4-2-1-3-5-13;2*1-2/h1-9,11,16H,10,12H2;2*1-2H3/b9-7+;;. The van der Waals surface area contributed by atoms with E-state index in [0.29, 0.717) is 6.42 Å². The molecule has 0 aliphatic carbocycles. The van der Waals surface area contributed by atoms with Gasteiger partial charge in [-0.05, 0) is 30.2 Å². The maximum absolute atomic E-state index is 13.6. The molecule has 1 unspecified atom stereocenters. The Morgan fingerprint density at radius 3 is 2.38 bits per heavy atom. The maximum atomic E-state index is 13.6. The summed E-state index contributed by atoms with van der Waals surface area (Å²) in [7, 11) is 0. The third-order valence-corrected chi connectivity index (χ3v) is 3.88. The summed E-state index contributed by atoms with van der Waals surface area (Å²) in [5.74, 6) is -2.09. The van der Waals surface area contributed by atoms with Gasteiger partial charge in [-0.15, -0.1) is 0 Å². The first-order chi connectivity index (χ1) is 14.0. The Bertz CT molecular complexity index is 822. The molecule has 0 bridgehead atoms. The Balaban J connectivity index is 0.000000989. The summed E-state index contributed by atoms with van der Waals surface area (Å²) in [4.78, 5) is 25.2. The molecule has 0 radical (unpaired) electrons. The number of halogens is 2. The molecule has 2 amide bonds. The van der Waals surface area contributed by atoms with Crippen LogP contribution < -0.4 is 0 Å². The fourth-order valence-electron chi connectivity index (χ4n) is 2.64. The van der Waals surface area contributed by atoms with Gasteiger partial charge >= 0.3 is 6.09 Å². The highest BCUT2D eigenvalue weighted by Crippen LogP contribution is 2.19. The van der Waals surface area contributed by atoms with Crippen LogP contribution in [-0.2, 0) is 16.0 Å². The normalized spacial score (nSPS) is 15.2. The zero-order chi connectivity index (χ0) is 21.8. The van der Waals surface area contributed by atoms with Gasteiger partial charge in [0.05, 0.1) is 6.04 Å². The van der Waals surface area contributed by atoms with Crippen LogP contribution in [0.2, 0.25) is 0 Å². The molecule has 0 aromatic heterocycles. The Morgan fingerprint density at radius 1 is 1.10 bits per heavy atom. The Labute approximate surface area is 170 Å². The van der Waals surface area contributed by atoms with E-state index in [4.69, 9.17) is 4.74 Å². The van der Waals surface area contributed by atoms with Crippen LogP contribution in [0.5, 0.6) is 0 Å². The number of nitrogens with zero attached hydrogens (tertiary/aromatic N) is 1. The second-order valence-electron chi connectivity index (χ2n) is 5.63. The number of carbonyl (C=O) groups excluding carboxylic acids is 2. The van der Waals surface area contributed by atoms with Crippen molar-refractivity contribution in [3.05, 3.63) is 77.4 Å². The number of ether oxygens (including phenoxy) is 1. The number of rotatable bonds is 4. The van der Waals surface area contributed by atoms with Gasteiger partial charge in [0.25, 0.3) is 5.91 Å². The van der Waals surface area contributed by atoms with E-state index >= 15 is 0 Å². The highest BCUT2D eigenvalue weighted by molar-refractivity contribution is 6.02. The van der Waals surface area contributed by atoms with Crippen LogP contribution in [-0.4, -0.2) is 29.5 Å². The average Bonchev–Trinajstić information content (AvgIpc) is 3.11. The lowest BCUT2D eigenvalue weighted by Gasteiger charge is -2.18. The molecule has 3 rings (SSSR count). The molecule has 29 heavy (non-hydrogen) atoms. The summed E-state index contributed by atoms with van der Waals surface area (Å²) >= 11 is 0. The van der Waals surface area contributed by atoms with Gasteiger partial charge in [0, 0.05) is 17.7 Å². The van der Waals surface area contributed by atoms with Gasteiger partial charge in [-0.2, -0.15) is 0 Å². The molecule has 2 aromatic carbocycles. The van der Waals surface area contributed by atoms with Crippen LogP contribution in [0.4, 0.5) is 13.6 Å². The molecule has 1 heterocycles. The first-order valence-electron chi connectivity index (χ1n) is 9.71. The number of imide groups is 1. The summed E-state index contributed by atoms with van der Waals surface area (Å²) in [6.45, 7) is 8.11. The topological polar surface area (TPSA) is 46.6 Å². The van der Waals surface area contributed by atoms with Crippen molar-refractivity contribution in [1.82, 2.24) is 4.90 Å². The minimum atomic E-state index is -0.783. The molecule has 1 saturated heterocycles. The second kappa shape index (κ2) is 12.4. The largest absolute Gasteiger partial charge is 0.447 e. The predicted octanol–water partition coefficient (Wildman–Crippen LogP) is 5.62. The number of hydrogen-bond acceptors (Lipinski definition) is 3. The Morgan fingerprint density at radius 2 is 1.76 bits per heavy atom. The van der Waals surface area contributed by atoms with E-state index in [2.05, 4.69) is 0 Å². The molecule has 156 valence electrons. The lowest BCUT2D eigenvalue weighted by Crippen LogP contribution is -2.39. The molecule has 0 N–H and O–H groups in total. The van der Waals surface area contributed by atoms with Gasteiger partial charge in [0.2, 0.25) is 0 Å². The molecule has 6 heteroatoms. The van der Waals surface area contributed by atoms with Crippen molar-refractivity contribution in [1.29, 1.82) is 0 Å². The summed E-state index contributed by atoms with van der Waals surface area (Å²) in [6.07, 6.45) is 2.04. The van der Waals surface area contributed by atoms with Gasteiger partial charge in [-0.1, -0.05) is 58.0 Å². The predicted molar refractivity (Wildman–Crippen MR) is 110 cm³/mol. The number of hydrogen-bond donors (Lipinski definition) is 0. The minimum absolute atomic E-state index is 0.0573. The zero-order valence-electron chi connectivity index (χ0n) is 17.2. The minimum Gasteiger partial charge on any atom is -0.447 e. The zero-order valence-corrected chi connectivity index (χ0v) is 17.2. The Kier molecular flexibility index (Phi) is 10.3. The highest BCUT2D eigenvalue weighted by Gasteiger charge is 2.36. The fraction of sp³-hybridized carbons (Fsp3) is 0.304. The van der Waals surface area contributed by atoms with Crippen molar-refractivity contribution in [3.8, 4) is 0 Å². The van der Waals surface area contributed by atoms with Crippen LogP contribution in [0.25, 0.3) is 6.08 Å². The maximum Gasteiger partial charge on any atom is 0.417 e. The third-order valence-electron chi connectivity index (χ3n) is 3.88. The van der Waals surface area contributed by atoms with E-state index in [1.807, 2.05) is 58.0 Å². The summed E-state index contributed by atoms with van der Waals surface area (Å²) < 4.78 is 31.5. The van der Waals surface area contributed by atoms with E-state index in [0.717, 1.165) is 28.7 Å². The molecule has 2 aromatic rings. The molecule has 0 spiro atoms. The molecule has 4 nitrogen and oxygen atoms in total. The quantitative estimate of drug-likeness (QED) is 0.623. The number of benzene rings is 2. The summed E-state index contributed by atoms with van der Waals surface area (Å²) in [6, 6.07) is 12.0. The lowest BCUT2D eigenvalue weighted by atomic mass is 10.1. The SMILES string of the molecule is CC.CC.O=C(/C=C/c1ccc(F)cc1F)N1C(=O)OCC1Cc1ccccc1. The van der Waals surface area contributed by atoms with Crippen molar-refractivity contribution in [3.63, 3.8) is 0 Å². The average molecular weight is 403 g/mol. The van der Waals surface area contributed by atoms with Crippen molar-refractivity contribution < 1.29 is 23.1 Å². The smallest absolute Gasteiger partial charge is 0.417 e. The van der Waals surface area contributed by atoms with Crippen molar-refractivity contribution in [2.24, 2.45) is 0 Å². The van der Waals surface area contributed by atoms with E-state index in [1.54, 1.807) is 0 Å². The van der Waals surface area contributed by atoms with Gasteiger partial charge in [0.1, 0.15) is 18.2 Å². The lowest BCUT2D eigenvalue weighted by molar-refractivity contribution is -0.124. The van der Waals surface area contributed by atoms with E-state index < -0.39 is 29.7 Å². The van der Waals surface area contributed by atoms with Crippen LogP contribution in [0.15, 0.2) is 54.6 Å². The van der Waals surface area contributed by atoms with Crippen molar-refractivity contribution >= 4 is 18.1 Å². The molecule has 1 aliphatic heterocycles. The third kappa shape index (κ3) is 6.82. The van der Waals surface area contributed by atoms with Crippen molar-refractivity contribution in [2.45, 2.75) is 40.2 Å². The van der Waals surface area contributed by atoms with Gasteiger partial charge < -0.3 is 4.74 Å². The first kappa shape index (κ1) is 24.0. The summed E-state index contributed by atoms with van der Waals surface area (Å²) in [5.41, 5.74) is 1.03. The van der Waals surface area contributed by atoms with E-state index in [9.17, 15) is 18.4 Å². The van der Waals surface area contributed by atoms with Gasteiger partial charge in [-0.3, -0.25) is 4.79 Å². The molecule has 0 saturated carbocycles. The molecule has 1 aliphatic rings. The van der Waals surface area contributed by atoms with Crippen molar-refractivity contribution in [2.75, 3.05) is 6.61 Å². The molecular weight excluding hydrogens is 376 g/mol. The highest BCUT2D eigenvalue weighted by atomic mass is 19.1. The Hall–Kier alpha value is -3.02. The number of carbonyl (C=O) groups is 2. The monoisotopic (exact) mass is 403 g/mol. The van der Waals surface area contributed by atoms with E-state index in [1.165, 1.54) is 12.1 Å². The van der Waals surface area contributed by atoms with Gasteiger partial charge in [-0.25, -0.2) is 18.5 Å². The number of amides is 2. The summed E-state index contributed by atoms with van der Waals surface area (Å²) in [5, 5.41) is 0. The van der Waals surface area contributed by atoms with Gasteiger partial charge in [0.15, 0.2) is 0 Å². The second-order valence-corrected chi connectivity index (χ2v) is 5.63. The van der Waals surface area contributed by atoms with Crippen LogP contribution >= 0.6 is 0 Å². The molecule has 1 fully saturated rings. The van der Waals surface area contributed by atoms with E-state index in [-0.39, 0.29) is 12.2 Å². The van der Waals surface area contributed by atoms with Crippen LogP contribution in [0, 0.1) is 11.6 Å². The number of cyclic esters (lactones) is 1. The van der Waals surface area contributed by atoms with Crippen LogP contribution in [0.3, 0.4) is 0 Å². The molecule has 1 atom stereocenters.